The topological polar surface area (TPSA) is 98.7 Å². The summed E-state index contributed by atoms with van der Waals surface area (Å²) in [6, 6.07) is 0. The Hall–Kier alpha value is -1.14. The summed E-state index contributed by atoms with van der Waals surface area (Å²) >= 11 is 0. The van der Waals surface area contributed by atoms with E-state index in [1.807, 2.05) is 0 Å². The summed E-state index contributed by atoms with van der Waals surface area (Å²) in [7, 11) is 0. The van der Waals surface area contributed by atoms with Crippen molar-refractivity contribution in [1.29, 1.82) is 0 Å². The SMILES string of the molecule is O=C(CCCCCCCC(=O)NO)NO. The van der Waals surface area contributed by atoms with E-state index in [0.29, 0.717) is 12.8 Å². The van der Waals surface area contributed by atoms with Crippen molar-refractivity contribution in [2.45, 2.75) is 44.9 Å². The lowest BCUT2D eigenvalue weighted by molar-refractivity contribution is -0.129. The molecule has 0 aliphatic heterocycles. The van der Waals surface area contributed by atoms with E-state index in [1.54, 1.807) is 11.0 Å². The van der Waals surface area contributed by atoms with Gasteiger partial charge in [0.2, 0.25) is 11.8 Å². The summed E-state index contributed by atoms with van der Waals surface area (Å²) in [6.45, 7) is 0. The van der Waals surface area contributed by atoms with Crippen LogP contribution in [0.15, 0.2) is 0 Å². The molecule has 0 aliphatic rings. The first-order valence-electron chi connectivity index (χ1n) is 5.06. The Morgan fingerprint density at radius 3 is 1.40 bits per heavy atom. The van der Waals surface area contributed by atoms with E-state index in [4.69, 9.17) is 10.4 Å². The van der Waals surface area contributed by atoms with Crippen molar-refractivity contribution in [3.8, 4) is 0 Å². The number of amides is 2. The molecule has 0 saturated carbocycles. The van der Waals surface area contributed by atoms with Gasteiger partial charge in [-0.15, -0.1) is 0 Å². The second-order valence-corrected chi connectivity index (χ2v) is 3.34. The Bertz CT molecular complexity index is 177. The van der Waals surface area contributed by atoms with Gasteiger partial charge in [-0.2, -0.15) is 0 Å². The number of nitrogens with one attached hydrogen (secondary N) is 2. The van der Waals surface area contributed by atoms with Gasteiger partial charge in [0.15, 0.2) is 0 Å². The lowest BCUT2D eigenvalue weighted by Gasteiger charge is -2.00. The number of hydroxylamine groups is 2. The molecule has 0 saturated heterocycles. The normalized spacial score (nSPS) is 9.73. The fourth-order valence-corrected chi connectivity index (χ4v) is 1.21. The summed E-state index contributed by atoms with van der Waals surface area (Å²) in [5, 5.41) is 16.4. The summed E-state index contributed by atoms with van der Waals surface area (Å²) in [6.07, 6.45) is 4.86. The Morgan fingerprint density at radius 2 is 1.07 bits per heavy atom. The van der Waals surface area contributed by atoms with E-state index in [0.717, 1.165) is 32.1 Å². The quantitative estimate of drug-likeness (QED) is 0.274. The van der Waals surface area contributed by atoms with Gasteiger partial charge in [0.05, 0.1) is 0 Å². The van der Waals surface area contributed by atoms with Crippen LogP contribution in [-0.4, -0.2) is 22.2 Å². The third-order valence-electron chi connectivity index (χ3n) is 2.06. The van der Waals surface area contributed by atoms with Crippen LogP contribution >= 0.6 is 0 Å². The zero-order valence-corrected chi connectivity index (χ0v) is 8.66. The number of hydrogen-bond donors (Lipinski definition) is 4. The standard InChI is InChI=1S/C9H18N2O4/c12-8(10-14)6-4-2-1-3-5-7-9(13)11-15/h14-15H,1-7H2,(H,10,12)(H,11,13). The molecule has 6 nitrogen and oxygen atoms in total. The van der Waals surface area contributed by atoms with Crippen molar-refractivity contribution < 1.29 is 20.0 Å². The molecule has 6 heteroatoms. The van der Waals surface area contributed by atoms with Gasteiger partial charge in [0.25, 0.3) is 0 Å². The molecule has 0 aromatic carbocycles. The molecule has 2 amide bonds. The van der Waals surface area contributed by atoms with Gasteiger partial charge >= 0.3 is 0 Å². The minimum Gasteiger partial charge on any atom is -0.289 e. The first-order valence-corrected chi connectivity index (χ1v) is 5.06. The van der Waals surface area contributed by atoms with Gasteiger partial charge < -0.3 is 0 Å². The van der Waals surface area contributed by atoms with Crippen LogP contribution in [-0.2, 0) is 9.59 Å². The summed E-state index contributed by atoms with van der Waals surface area (Å²) in [4.78, 5) is 21.2. The Balaban J connectivity index is 3.11. The number of hydrogen-bond acceptors (Lipinski definition) is 4. The van der Waals surface area contributed by atoms with Gasteiger partial charge in [0.1, 0.15) is 0 Å². The molecule has 4 N–H and O–H groups in total. The van der Waals surface area contributed by atoms with Crippen molar-refractivity contribution in [1.82, 2.24) is 11.0 Å². The van der Waals surface area contributed by atoms with E-state index in [9.17, 15) is 9.59 Å². The molecule has 0 aliphatic carbocycles. The molecule has 0 radical (unpaired) electrons. The van der Waals surface area contributed by atoms with E-state index >= 15 is 0 Å². The molecule has 0 fully saturated rings. The number of unbranched alkanes of at least 4 members (excludes halogenated alkanes) is 4. The van der Waals surface area contributed by atoms with E-state index in [-0.39, 0.29) is 11.8 Å². The predicted molar refractivity (Wildman–Crippen MR) is 52.2 cm³/mol. The lowest BCUT2D eigenvalue weighted by atomic mass is 10.1. The van der Waals surface area contributed by atoms with Crippen LogP contribution in [0.3, 0.4) is 0 Å². The molecule has 0 aromatic rings. The largest absolute Gasteiger partial charge is 0.289 e. The summed E-state index contributed by atoms with van der Waals surface area (Å²) in [5.74, 6) is -0.732. The van der Waals surface area contributed by atoms with Crippen molar-refractivity contribution >= 4 is 11.8 Å². The van der Waals surface area contributed by atoms with Crippen LogP contribution in [0.5, 0.6) is 0 Å². The van der Waals surface area contributed by atoms with Gasteiger partial charge in [-0.3, -0.25) is 20.0 Å². The predicted octanol–water partition coefficient (Wildman–Crippen LogP) is 0.728. The maximum Gasteiger partial charge on any atom is 0.243 e. The van der Waals surface area contributed by atoms with Crippen LogP contribution in [0.4, 0.5) is 0 Å². The second-order valence-electron chi connectivity index (χ2n) is 3.34. The Labute approximate surface area is 88.6 Å². The second kappa shape index (κ2) is 9.42. The summed E-state index contributed by atoms with van der Waals surface area (Å²) < 4.78 is 0. The lowest BCUT2D eigenvalue weighted by Crippen LogP contribution is -2.18. The molecule has 88 valence electrons. The monoisotopic (exact) mass is 218 g/mol. The minimum absolute atomic E-state index is 0.327. The summed E-state index contributed by atoms with van der Waals surface area (Å²) in [5.41, 5.74) is 3.14. The van der Waals surface area contributed by atoms with Crippen LogP contribution < -0.4 is 11.0 Å². The zero-order valence-electron chi connectivity index (χ0n) is 8.66. The minimum atomic E-state index is -0.366. The van der Waals surface area contributed by atoms with E-state index in [2.05, 4.69) is 0 Å². The number of carbonyl (C=O) groups excluding carboxylic acids is 2. The maximum atomic E-state index is 10.6. The van der Waals surface area contributed by atoms with E-state index < -0.39 is 0 Å². The van der Waals surface area contributed by atoms with Crippen molar-refractivity contribution in [3.63, 3.8) is 0 Å². The first-order chi connectivity index (χ1) is 7.20. The van der Waals surface area contributed by atoms with E-state index in [1.165, 1.54) is 0 Å². The third-order valence-corrected chi connectivity index (χ3v) is 2.06. The number of carbonyl (C=O) groups is 2. The Kier molecular flexibility index (Phi) is 8.70. The van der Waals surface area contributed by atoms with Crippen LogP contribution in [0.25, 0.3) is 0 Å². The van der Waals surface area contributed by atoms with Crippen molar-refractivity contribution in [2.24, 2.45) is 0 Å². The fourth-order valence-electron chi connectivity index (χ4n) is 1.21. The molecule has 0 unspecified atom stereocenters. The molecule has 0 spiro atoms. The highest BCUT2D eigenvalue weighted by molar-refractivity contribution is 5.74. The highest BCUT2D eigenvalue weighted by Gasteiger charge is 2.00. The van der Waals surface area contributed by atoms with Crippen molar-refractivity contribution in [3.05, 3.63) is 0 Å². The smallest absolute Gasteiger partial charge is 0.243 e. The number of rotatable bonds is 8. The first kappa shape index (κ1) is 13.9. The zero-order chi connectivity index (χ0) is 11.5. The molecular formula is C9H18N2O4. The molecule has 0 rings (SSSR count). The molecule has 0 bridgehead atoms. The van der Waals surface area contributed by atoms with Gasteiger partial charge in [-0.25, -0.2) is 11.0 Å². The van der Waals surface area contributed by atoms with Crippen LogP contribution in [0, 0.1) is 0 Å². The molecular weight excluding hydrogens is 200 g/mol. The maximum absolute atomic E-state index is 10.6. The molecule has 0 aromatic heterocycles. The highest BCUT2D eigenvalue weighted by atomic mass is 16.5. The average molecular weight is 218 g/mol. The third kappa shape index (κ3) is 9.17. The van der Waals surface area contributed by atoms with Crippen LogP contribution in [0.1, 0.15) is 44.9 Å². The van der Waals surface area contributed by atoms with Crippen molar-refractivity contribution in [2.75, 3.05) is 0 Å². The Morgan fingerprint density at radius 1 is 0.733 bits per heavy atom. The van der Waals surface area contributed by atoms with Gasteiger partial charge in [-0.05, 0) is 12.8 Å². The molecule has 0 heterocycles. The van der Waals surface area contributed by atoms with Gasteiger partial charge in [-0.1, -0.05) is 19.3 Å². The van der Waals surface area contributed by atoms with Gasteiger partial charge in [0, 0.05) is 12.8 Å². The van der Waals surface area contributed by atoms with Crippen LogP contribution in [0.2, 0.25) is 0 Å². The highest BCUT2D eigenvalue weighted by Crippen LogP contribution is 2.06. The fraction of sp³-hybridized carbons (Fsp3) is 0.778. The average Bonchev–Trinajstić information content (AvgIpc) is 2.26. The molecule has 15 heavy (non-hydrogen) atoms. The molecule has 0 atom stereocenters.